The Morgan fingerprint density at radius 3 is 3.06 bits per heavy atom. The highest BCUT2D eigenvalue weighted by Crippen LogP contribution is 2.23. The van der Waals surface area contributed by atoms with Gasteiger partial charge in [-0.05, 0) is 19.9 Å². The Labute approximate surface area is 105 Å². The van der Waals surface area contributed by atoms with Gasteiger partial charge in [0, 0.05) is 12.7 Å². The van der Waals surface area contributed by atoms with Gasteiger partial charge in [-0.3, -0.25) is 0 Å². The van der Waals surface area contributed by atoms with Crippen molar-refractivity contribution in [2.75, 3.05) is 24.7 Å². The summed E-state index contributed by atoms with van der Waals surface area (Å²) in [5.41, 5.74) is 5.76. The molecule has 2 heterocycles. The molecule has 1 aliphatic heterocycles. The van der Waals surface area contributed by atoms with Crippen LogP contribution in [-0.4, -0.2) is 46.3 Å². The molecule has 7 nitrogen and oxygen atoms in total. The minimum atomic E-state index is -0.179. The molecule has 0 aromatic carbocycles. The highest BCUT2D eigenvalue weighted by atomic mass is 16.5. The van der Waals surface area contributed by atoms with Crippen LogP contribution in [0.5, 0.6) is 0 Å². The molecule has 18 heavy (non-hydrogen) atoms. The van der Waals surface area contributed by atoms with E-state index in [4.69, 9.17) is 15.7 Å². The second-order valence-corrected chi connectivity index (χ2v) is 4.74. The maximum atomic E-state index is 8.66. The van der Waals surface area contributed by atoms with E-state index in [-0.39, 0.29) is 11.4 Å². The summed E-state index contributed by atoms with van der Waals surface area (Å²) < 4.78 is 5.45. The van der Waals surface area contributed by atoms with Gasteiger partial charge in [0.2, 0.25) is 5.95 Å². The zero-order chi connectivity index (χ0) is 13.2. The smallest absolute Gasteiger partial charge is 0.226 e. The largest absolute Gasteiger partial charge is 0.409 e. The predicted octanol–water partition coefficient (Wildman–Crippen LogP) is 0.186. The molecule has 2 rings (SSSR count). The third-order valence-electron chi connectivity index (χ3n) is 2.90. The van der Waals surface area contributed by atoms with Crippen molar-refractivity contribution < 1.29 is 9.94 Å². The highest BCUT2D eigenvalue weighted by Gasteiger charge is 2.32. The normalized spacial score (nSPS) is 19.9. The van der Waals surface area contributed by atoms with E-state index in [1.54, 1.807) is 12.3 Å². The number of oxime groups is 1. The van der Waals surface area contributed by atoms with Crippen molar-refractivity contribution in [3.63, 3.8) is 0 Å². The van der Waals surface area contributed by atoms with Crippen molar-refractivity contribution in [1.82, 2.24) is 9.97 Å². The zero-order valence-corrected chi connectivity index (χ0v) is 10.5. The minimum Gasteiger partial charge on any atom is -0.409 e. The standard InChI is InChI=1S/C11H17N5O2/c1-11(2)7-18-6-5-16(11)10-13-4-3-8(14-10)9(12)15-17/h3-4,17H,5-7H2,1-2H3,(H2,12,15). The number of anilines is 1. The molecule has 1 aromatic heterocycles. The summed E-state index contributed by atoms with van der Waals surface area (Å²) in [5.74, 6) is 0.539. The van der Waals surface area contributed by atoms with Gasteiger partial charge in [-0.25, -0.2) is 9.97 Å². The number of nitrogens with two attached hydrogens (primary N) is 1. The first-order valence-electron chi connectivity index (χ1n) is 5.71. The lowest BCUT2D eigenvalue weighted by Gasteiger charge is -2.42. The molecular weight excluding hydrogens is 234 g/mol. The van der Waals surface area contributed by atoms with Gasteiger partial charge in [0.05, 0.1) is 18.8 Å². The van der Waals surface area contributed by atoms with Gasteiger partial charge in [0.25, 0.3) is 0 Å². The predicted molar refractivity (Wildman–Crippen MR) is 66.8 cm³/mol. The Bertz CT molecular complexity index is 461. The van der Waals surface area contributed by atoms with Gasteiger partial charge in [0.1, 0.15) is 5.69 Å². The van der Waals surface area contributed by atoms with Crippen LogP contribution in [0.15, 0.2) is 17.4 Å². The van der Waals surface area contributed by atoms with E-state index in [0.29, 0.717) is 31.4 Å². The van der Waals surface area contributed by atoms with Crippen LogP contribution >= 0.6 is 0 Å². The summed E-state index contributed by atoms with van der Waals surface area (Å²) in [4.78, 5) is 10.6. The lowest BCUT2D eigenvalue weighted by Crippen LogP contribution is -2.54. The van der Waals surface area contributed by atoms with Gasteiger partial charge < -0.3 is 20.6 Å². The fraction of sp³-hybridized carbons (Fsp3) is 0.545. The number of hydrogen-bond acceptors (Lipinski definition) is 6. The van der Waals surface area contributed by atoms with Crippen molar-refractivity contribution in [2.24, 2.45) is 10.9 Å². The van der Waals surface area contributed by atoms with Crippen LogP contribution in [0.2, 0.25) is 0 Å². The second-order valence-electron chi connectivity index (χ2n) is 4.74. The Morgan fingerprint density at radius 2 is 2.39 bits per heavy atom. The number of hydrogen-bond donors (Lipinski definition) is 2. The van der Waals surface area contributed by atoms with Crippen molar-refractivity contribution in [2.45, 2.75) is 19.4 Å². The molecule has 0 saturated carbocycles. The van der Waals surface area contributed by atoms with Gasteiger partial charge in [-0.15, -0.1) is 0 Å². The molecule has 1 saturated heterocycles. The average Bonchev–Trinajstić information content (AvgIpc) is 2.37. The van der Waals surface area contributed by atoms with E-state index in [1.807, 2.05) is 0 Å². The number of aromatic nitrogens is 2. The van der Waals surface area contributed by atoms with Crippen LogP contribution in [-0.2, 0) is 4.74 Å². The fourth-order valence-electron chi connectivity index (χ4n) is 1.90. The summed E-state index contributed by atoms with van der Waals surface area (Å²) in [7, 11) is 0. The molecule has 1 aliphatic rings. The summed E-state index contributed by atoms with van der Waals surface area (Å²) in [6, 6.07) is 1.60. The number of amidine groups is 1. The quantitative estimate of drug-likeness (QED) is 0.337. The zero-order valence-electron chi connectivity index (χ0n) is 10.5. The minimum absolute atomic E-state index is 0.0234. The molecule has 0 atom stereocenters. The second kappa shape index (κ2) is 4.77. The average molecular weight is 251 g/mol. The molecule has 1 fully saturated rings. The number of morpholine rings is 1. The molecule has 0 aliphatic carbocycles. The molecule has 0 spiro atoms. The third kappa shape index (κ3) is 2.35. The van der Waals surface area contributed by atoms with Crippen LogP contribution in [0, 0.1) is 0 Å². The SMILES string of the molecule is CC1(C)COCCN1c1nccc(/C(N)=N/O)n1. The Kier molecular flexibility index (Phi) is 3.33. The van der Waals surface area contributed by atoms with E-state index in [2.05, 4.69) is 33.9 Å². The first-order chi connectivity index (χ1) is 8.54. The molecule has 0 bridgehead atoms. The molecule has 7 heteroatoms. The highest BCUT2D eigenvalue weighted by molar-refractivity contribution is 5.95. The van der Waals surface area contributed by atoms with Crippen molar-refractivity contribution in [3.8, 4) is 0 Å². The molecule has 0 radical (unpaired) electrons. The summed E-state index contributed by atoms with van der Waals surface area (Å²) >= 11 is 0. The van der Waals surface area contributed by atoms with Crippen molar-refractivity contribution >= 4 is 11.8 Å². The summed E-state index contributed by atoms with van der Waals surface area (Å²) in [6.07, 6.45) is 1.60. The van der Waals surface area contributed by atoms with Gasteiger partial charge in [-0.1, -0.05) is 5.16 Å². The van der Waals surface area contributed by atoms with E-state index in [9.17, 15) is 0 Å². The molecule has 0 unspecified atom stereocenters. The van der Waals surface area contributed by atoms with E-state index in [1.165, 1.54) is 0 Å². The molecule has 98 valence electrons. The van der Waals surface area contributed by atoms with Crippen LogP contribution in [0.1, 0.15) is 19.5 Å². The Balaban J connectivity index is 2.33. The molecule has 0 amide bonds. The monoisotopic (exact) mass is 251 g/mol. The number of nitrogens with zero attached hydrogens (tertiary/aromatic N) is 4. The first-order valence-corrected chi connectivity index (χ1v) is 5.71. The van der Waals surface area contributed by atoms with E-state index < -0.39 is 0 Å². The van der Waals surface area contributed by atoms with Gasteiger partial charge in [0.15, 0.2) is 5.84 Å². The van der Waals surface area contributed by atoms with E-state index >= 15 is 0 Å². The van der Waals surface area contributed by atoms with Gasteiger partial charge in [-0.2, -0.15) is 0 Å². The van der Waals surface area contributed by atoms with Gasteiger partial charge >= 0.3 is 0 Å². The first kappa shape index (κ1) is 12.6. The topological polar surface area (TPSA) is 96.9 Å². The third-order valence-corrected chi connectivity index (χ3v) is 2.90. The fourth-order valence-corrected chi connectivity index (χ4v) is 1.90. The molecule has 1 aromatic rings. The number of ether oxygens (including phenoxy) is 1. The van der Waals surface area contributed by atoms with Crippen molar-refractivity contribution in [3.05, 3.63) is 18.0 Å². The van der Waals surface area contributed by atoms with Crippen LogP contribution in [0.3, 0.4) is 0 Å². The van der Waals surface area contributed by atoms with Crippen molar-refractivity contribution in [1.29, 1.82) is 0 Å². The summed E-state index contributed by atoms with van der Waals surface area (Å²) in [5, 5.41) is 11.6. The Morgan fingerprint density at radius 1 is 1.61 bits per heavy atom. The lowest BCUT2D eigenvalue weighted by molar-refractivity contribution is 0.0634. The maximum Gasteiger partial charge on any atom is 0.226 e. The Hall–Kier alpha value is -1.89. The molecule has 3 N–H and O–H groups in total. The lowest BCUT2D eigenvalue weighted by atomic mass is 10.0. The van der Waals surface area contributed by atoms with Crippen LogP contribution < -0.4 is 10.6 Å². The summed E-state index contributed by atoms with van der Waals surface area (Å²) in [6.45, 7) is 6.09. The van der Waals surface area contributed by atoms with Crippen LogP contribution in [0.4, 0.5) is 5.95 Å². The maximum absolute atomic E-state index is 8.66. The number of rotatable bonds is 2. The molecular formula is C11H17N5O2. The van der Waals surface area contributed by atoms with E-state index in [0.717, 1.165) is 0 Å². The van der Waals surface area contributed by atoms with Crippen LogP contribution in [0.25, 0.3) is 0 Å².